The van der Waals surface area contributed by atoms with Crippen molar-refractivity contribution >= 4 is 23.3 Å². The molecule has 0 aliphatic carbocycles. The van der Waals surface area contributed by atoms with Crippen LogP contribution in [0, 0.1) is 5.82 Å². The van der Waals surface area contributed by atoms with Gasteiger partial charge >= 0.3 is 0 Å². The topological polar surface area (TPSA) is 66.9 Å². The first kappa shape index (κ1) is 11.6. The van der Waals surface area contributed by atoms with Gasteiger partial charge in [-0.3, -0.25) is 4.79 Å². The number of nitrogens with one attached hydrogen (secondary N) is 2. The van der Waals surface area contributed by atoms with Crippen molar-refractivity contribution in [3.05, 3.63) is 17.3 Å². The molecule has 1 heterocycles. The average Bonchev–Trinajstić information content (AvgIpc) is 2.17. The Kier molecular flexibility index (Phi) is 4.23. The number of hydrogen-bond donors (Lipinski definition) is 2. The van der Waals surface area contributed by atoms with Crippen LogP contribution >= 0.6 is 11.6 Å². The third-order valence-electron chi connectivity index (χ3n) is 1.51. The number of carbonyl (C=O) groups excluding carboxylic acids is 1. The molecule has 82 valence electrons. The largest absolute Gasteiger partial charge is 0.366 e. The lowest BCUT2D eigenvalue weighted by Crippen LogP contribution is -2.26. The van der Waals surface area contributed by atoms with E-state index in [1.54, 1.807) is 0 Å². The van der Waals surface area contributed by atoms with Crippen LogP contribution in [0.5, 0.6) is 0 Å². The molecule has 0 fully saturated rings. The van der Waals surface area contributed by atoms with Crippen LogP contribution in [-0.2, 0) is 4.79 Å². The van der Waals surface area contributed by atoms with E-state index in [4.69, 9.17) is 11.6 Å². The minimum atomic E-state index is -0.581. The van der Waals surface area contributed by atoms with Gasteiger partial charge < -0.3 is 10.6 Å². The van der Waals surface area contributed by atoms with Gasteiger partial charge in [-0.2, -0.15) is 4.98 Å². The molecular weight excluding hydrogens is 223 g/mol. The molecule has 0 unspecified atom stereocenters. The molecule has 15 heavy (non-hydrogen) atoms. The highest BCUT2D eigenvalue weighted by Crippen LogP contribution is 2.10. The van der Waals surface area contributed by atoms with Crippen LogP contribution in [0.2, 0.25) is 5.28 Å². The van der Waals surface area contributed by atoms with Crippen molar-refractivity contribution in [2.45, 2.75) is 6.92 Å². The molecule has 7 heteroatoms. The van der Waals surface area contributed by atoms with Crippen molar-refractivity contribution in [1.82, 2.24) is 15.3 Å². The van der Waals surface area contributed by atoms with Gasteiger partial charge in [-0.25, -0.2) is 9.37 Å². The molecule has 2 N–H and O–H groups in total. The van der Waals surface area contributed by atoms with Gasteiger partial charge in [0.05, 0.1) is 6.20 Å². The molecule has 1 amide bonds. The summed E-state index contributed by atoms with van der Waals surface area (Å²) >= 11 is 5.48. The molecule has 0 saturated carbocycles. The minimum absolute atomic E-state index is 0.0281. The van der Waals surface area contributed by atoms with E-state index in [-0.39, 0.29) is 17.0 Å². The van der Waals surface area contributed by atoms with E-state index in [2.05, 4.69) is 20.6 Å². The Labute approximate surface area is 91.1 Å². The zero-order valence-electron chi connectivity index (χ0n) is 8.05. The number of anilines is 1. The fraction of sp³-hybridized carbons (Fsp3) is 0.375. The highest BCUT2D eigenvalue weighted by Gasteiger charge is 2.04. The van der Waals surface area contributed by atoms with Crippen LogP contribution in [0.4, 0.5) is 10.2 Å². The van der Waals surface area contributed by atoms with Crippen LogP contribution < -0.4 is 10.6 Å². The van der Waals surface area contributed by atoms with Crippen molar-refractivity contribution < 1.29 is 9.18 Å². The van der Waals surface area contributed by atoms with Gasteiger partial charge in [0.2, 0.25) is 11.2 Å². The van der Waals surface area contributed by atoms with Crippen LogP contribution in [0.25, 0.3) is 0 Å². The number of halogens is 2. The molecule has 0 bridgehead atoms. The van der Waals surface area contributed by atoms with E-state index in [9.17, 15) is 9.18 Å². The SMILES string of the molecule is CC(=O)NCCNc1nc(Cl)ncc1F. The van der Waals surface area contributed by atoms with Crippen molar-refractivity contribution in [3.63, 3.8) is 0 Å². The first-order chi connectivity index (χ1) is 7.09. The van der Waals surface area contributed by atoms with Gasteiger partial charge in [-0.15, -0.1) is 0 Å². The number of hydrogen-bond acceptors (Lipinski definition) is 4. The summed E-state index contributed by atoms with van der Waals surface area (Å²) in [6, 6.07) is 0. The maximum absolute atomic E-state index is 13.0. The van der Waals surface area contributed by atoms with E-state index in [1.807, 2.05) is 0 Å². The Hall–Kier alpha value is -1.43. The van der Waals surface area contributed by atoms with E-state index >= 15 is 0 Å². The molecule has 0 aliphatic rings. The molecule has 1 rings (SSSR count). The first-order valence-electron chi connectivity index (χ1n) is 4.26. The summed E-state index contributed by atoms with van der Waals surface area (Å²) in [5.74, 6) is -0.694. The molecular formula is C8H10ClFN4O. The van der Waals surface area contributed by atoms with Crippen LogP contribution in [0.1, 0.15) is 6.92 Å². The van der Waals surface area contributed by atoms with Crippen molar-refractivity contribution in [2.75, 3.05) is 18.4 Å². The van der Waals surface area contributed by atoms with Crippen LogP contribution in [0.15, 0.2) is 6.20 Å². The summed E-state index contributed by atoms with van der Waals surface area (Å²) in [5.41, 5.74) is 0. The lowest BCUT2D eigenvalue weighted by molar-refractivity contribution is -0.118. The second-order valence-electron chi connectivity index (χ2n) is 2.75. The second-order valence-corrected chi connectivity index (χ2v) is 3.08. The molecule has 0 atom stereocenters. The Morgan fingerprint density at radius 3 is 3.00 bits per heavy atom. The zero-order valence-corrected chi connectivity index (χ0v) is 8.81. The monoisotopic (exact) mass is 232 g/mol. The van der Waals surface area contributed by atoms with Gasteiger partial charge in [-0.05, 0) is 11.6 Å². The molecule has 0 aromatic carbocycles. The standard InChI is InChI=1S/C8H10ClFN4O/c1-5(15)11-2-3-12-7-6(10)4-13-8(9)14-7/h4H,2-3H2,1H3,(H,11,15)(H,12,13,14). The number of amides is 1. The van der Waals surface area contributed by atoms with Crippen LogP contribution in [0.3, 0.4) is 0 Å². The third-order valence-corrected chi connectivity index (χ3v) is 1.69. The fourth-order valence-electron chi connectivity index (χ4n) is 0.889. The van der Waals surface area contributed by atoms with Crippen molar-refractivity contribution in [3.8, 4) is 0 Å². The van der Waals surface area contributed by atoms with E-state index in [0.717, 1.165) is 6.20 Å². The molecule has 0 radical (unpaired) electrons. The predicted molar refractivity (Wildman–Crippen MR) is 54.2 cm³/mol. The summed E-state index contributed by atoms with van der Waals surface area (Å²) in [6.07, 6.45) is 0.982. The molecule has 1 aromatic rings. The molecule has 0 saturated heterocycles. The normalized spacial score (nSPS) is 9.80. The highest BCUT2D eigenvalue weighted by atomic mass is 35.5. The predicted octanol–water partition coefficient (Wildman–Crippen LogP) is 0.817. The molecule has 0 spiro atoms. The minimum Gasteiger partial charge on any atom is -0.366 e. The summed E-state index contributed by atoms with van der Waals surface area (Å²) in [6.45, 7) is 2.16. The lowest BCUT2D eigenvalue weighted by Gasteiger charge is -2.06. The quantitative estimate of drug-likeness (QED) is 0.596. The maximum atomic E-state index is 13.0. The van der Waals surface area contributed by atoms with Crippen LogP contribution in [-0.4, -0.2) is 29.0 Å². The number of nitrogens with zero attached hydrogens (tertiary/aromatic N) is 2. The van der Waals surface area contributed by atoms with Gasteiger partial charge in [0, 0.05) is 20.0 Å². The average molecular weight is 233 g/mol. The van der Waals surface area contributed by atoms with Gasteiger partial charge in [0.1, 0.15) is 0 Å². The highest BCUT2D eigenvalue weighted by molar-refractivity contribution is 6.28. The summed E-state index contributed by atoms with van der Waals surface area (Å²) in [4.78, 5) is 17.6. The van der Waals surface area contributed by atoms with E-state index < -0.39 is 5.82 Å². The lowest BCUT2D eigenvalue weighted by atomic mass is 10.5. The van der Waals surface area contributed by atoms with Gasteiger partial charge in [0.15, 0.2) is 11.6 Å². The Bertz CT molecular complexity index is 360. The van der Waals surface area contributed by atoms with E-state index in [1.165, 1.54) is 6.92 Å². The molecule has 1 aromatic heterocycles. The Balaban J connectivity index is 2.43. The fourth-order valence-corrected chi connectivity index (χ4v) is 1.02. The number of aromatic nitrogens is 2. The first-order valence-corrected chi connectivity index (χ1v) is 4.63. The number of carbonyl (C=O) groups is 1. The smallest absolute Gasteiger partial charge is 0.224 e. The second kappa shape index (κ2) is 5.45. The van der Waals surface area contributed by atoms with E-state index in [0.29, 0.717) is 13.1 Å². The summed E-state index contributed by atoms with van der Waals surface area (Å²) in [5, 5.41) is 5.20. The number of rotatable bonds is 4. The Morgan fingerprint density at radius 1 is 1.60 bits per heavy atom. The zero-order chi connectivity index (χ0) is 11.3. The summed E-state index contributed by atoms with van der Waals surface area (Å²) in [7, 11) is 0. The van der Waals surface area contributed by atoms with Crippen molar-refractivity contribution in [2.24, 2.45) is 0 Å². The molecule has 5 nitrogen and oxygen atoms in total. The van der Waals surface area contributed by atoms with Crippen molar-refractivity contribution in [1.29, 1.82) is 0 Å². The van der Waals surface area contributed by atoms with Gasteiger partial charge in [-0.1, -0.05) is 0 Å². The summed E-state index contributed by atoms with van der Waals surface area (Å²) < 4.78 is 13.0. The maximum Gasteiger partial charge on any atom is 0.224 e. The Morgan fingerprint density at radius 2 is 2.33 bits per heavy atom. The third kappa shape index (κ3) is 4.07. The molecule has 0 aliphatic heterocycles. The van der Waals surface area contributed by atoms with Gasteiger partial charge in [0.25, 0.3) is 0 Å².